The van der Waals surface area contributed by atoms with E-state index in [2.05, 4.69) is 15.3 Å². The van der Waals surface area contributed by atoms with Gasteiger partial charge in [-0.05, 0) is 18.2 Å². The summed E-state index contributed by atoms with van der Waals surface area (Å²) in [5.41, 5.74) is 5.74. The van der Waals surface area contributed by atoms with Gasteiger partial charge in [0.2, 0.25) is 5.89 Å². The van der Waals surface area contributed by atoms with E-state index in [1.54, 1.807) is 13.2 Å². The van der Waals surface area contributed by atoms with Crippen molar-refractivity contribution in [2.45, 2.75) is 6.18 Å². The average Bonchev–Trinajstić information content (AvgIpc) is 3.04. The lowest BCUT2D eigenvalue weighted by Crippen LogP contribution is -2.04. The Bertz CT molecular complexity index is 821. The molecule has 0 aliphatic rings. The highest BCUT2D eigenvalue weighted by Crippen LogP contribution is 2.32. The Morgan fingerprint density at radius 2 is 1.91 bits per heavy atom. The molecule has 0 aliphatic carbocycles. The van der Waals surface area contributed by atoms with Crippen molar-refractivity contribution in [2.75, 3.05) is 5.73 Å². The van der Waals surface area contributed by atoms with Gasteiger partial charge in [0.05, 0.1) is 11.3 Å². The van der Waals surface area contributed by atoms with Crippen molar-refractivity contribution < 1.29 is 17.6 Å². The van der Waals surface area contributed by atoms with E-state index >= 15 is 0 Å². The molecule has 0 fully saturated rings. The van der Waals surface area contributed by atoms with E-state index in [0.29, 0.717) is 5.69 Å². The normalized spacial score (nSPS) is 11.8. The summed E-state index contributed by atoms with van der Waals surface area (Å²) in [6.45, 7) is 0. The SMILES string of the molecule is Cn1cc(N)c(-c2nnc(-c3cccc(C(F)(F)F)c3)o2)n1. The molecule has 0 saturated heterocycles. The molecule has 0 radical (unpaired) electrons. The summed E-state index contributed by atoms with van der Waals surface area (Å²) < 4.78 is 45.0. The zero-order valence-corrected chi connectivity index (χ0v) is 11.3. The van der Waals surface area contributed by atoms with E-state index in [9.17, 15) is 13.2 Å². The number of aromatic nitrogens is 4. The molecule has 0 aliphatic heterocycles. The highest BCUT2D eigenvalue weighted by molar-refractivity contribution is 5.66. The minimum Gasteiger partial charge on any atom is -0.414 e. The lowest BCUT2D eigenvalue weighted by atomic mass is 10.1. The van der Waals surface area contributed by atoms with Crippen molar-refractivity contribution >= 4 is 5.69 Å². The standard InChI is InChI=1S/C13H10F3N5O/c1-21-6-9(17)10(20-21)12-19-18-11(22-12)7-3-2-4-8(5-7)13(14,15)16/h2-6H,17H2,1H3. The second-order valence-electron chi connectivity index (χ2n) is 4.60. The van der Waals surface area contributed by atoms with Crippen molar-refractivity contribution in [2.24, 2.45) is 7.05 Å². The molecule has 0 spiro atoms. The quantitative estimate of drug-likeness (QED) is 0.787. The Morgan fingerprint density at radius 1 is 1.18 bits per heavy atom. The first kappa shape index (κ1) is 14.1. The number of rotatable bonds is 2. The van der Waals surface area contributed by atoms with Gasteiger partial charge < -0.3 is 10.2 Å². The van der Waals surface area contributed by atoms with E-state index in [4.69, 9.17) is 10.2 Å². The van der Waals surface area contributed by atoms with E-state index < -0.39 is 11.7 Å². The zero-order chi connectivity index (χ0) is 15.9. The van der Waals surface area contributed by atoms with E-state index in [1.165, 1.54) is 16.8 Å². The van der Waals surface area contributed by atoms with Gasteiger partial charge in [-0.2, -0.15) is 18.3 Å². The number of hydrogen-bond acceptors (Lipinski definition) is 5. The molecular weight excluding hydrogens is 299 g/mol. The van der Waals surface area contributed by atoms with Crippen LogP contribution in [0, 0.1) is 0 Å². The number of anilines is 1. The molecule has 0 bridgehead atoms. The van der Waals surface area contributed by atoms with Crippen LogP contribution in [-0.2, 0) is 13.2 Å². The third-order valence-corrected chi connectivity index (χ3v) is 2.92. The van der Waals surface area contributed by atoms with Gasteiger partial charge in [0.25, 0.3) is 5.89 Å². The molecule has 0 unspecified atom stereocenters. The number of nitrogens with zero attached hydrogens (tertiary/aromatic N) is 4. The van der Waals surface area contributed by atoms with Gasteiger partial charge in [0.1, 0.15) is 0 Å². The first-order chi connectivity index (χ1) is 10.3. The summed E-state index contributed by atoms with van der Waals surface area (Å²) in [4.78, 5) is 0. The third-order valence-electron chi connectivity index (χ3n) is 2.92. The maximum Gasteiger partial charge on any atom is 0.416 e. The second kappa shape index (κ2) is 4.86. The number of hydrogen-bond donors (Lipinski definition) is 1. The Hall–Kier alpha value is -2.84. The predicted octanol–water partition coefficient (Wildman–Crippen LogP) is 2.74. The fourth-order valence-corrected chi connectivity index (χ4v) is 1.94. The van der Waals surface area contributed by atoms with E-state index in [-0.39, 0.29) is 23.0 Å². The molecule has 9 heteroatoms. The van der Waals surface area contributed by atoms with Crippen LogP contribution in [0.15, 0.2) is 34.9 Å². The van der Waals surface area contributed by atoms with Crippen LogP contribution in [0.3, 0.4) is 0 Å². The average molecular weight is 309 g/mol. The number of nitrogen functional groups attached to an aromatic ring is 1. The van der Waals surface area contributed by atoms with Gasteiger partial charge in [-0.25, -0.2) is 0 Å². The van der Waals surface area contributed by atoms with Gasteiger partial charge in [-0.3, -0.25) is 4.68 Å². The molecule has 3 aromatic rings. The van der Waals surface area contributed by atoms with E-state index in [0.717, 1.165) is 12.1 Å². The molecule has 0 saturated carbocycles. The van der Waals surface area contributed by atoms with Crippen molar-refractivity contribution in [3.63, 3.8) is 0 Å². The molecule has 6 nitrogen and oxygen atoms in total. The largest absolute Gasteiger partial charge is 0.416 e. The lowest BCUT2D eigenvalue weighted by Gasteiger charge is -2.06. The molecule has 2 N–H and O–H groups in total. The number of aryl methyl sites for hydroxylation is 1. The summed E-state index contributed by atoms with van der Waals surface area (Å²) in [7, 11) is 1.67. The van der Waals surface area contributed by atoms with Crippen LogP contribution in [0.2, 0.25) is 0 Å². The van der Waals surface area contributed by atoms with Crippen molar-refractivity contribution in [1.82, 2.24) is 20.0 Å². The summed E-state index contributed by atoms with van der Waals surface area (Å²) in [6.07, 6.45) is -2.88. The fourth-order valence-electron chi connectivity index (χ4n) is 1.94. The minimum absolute atomic E-state index is 0.0360. The zero-order valence-electron chi connectivity index (χ0n) is 11.3. The van der Waals surface area contributed by atoms with Crippen LogP contribution in [0.5, 0.6) is 0 Å². The summed E-state index contributed by atoms with van der Waals surface area (Å²) >= 11 is 0. The summed E-state index contributed by atoms with van der Waals surface area (Å²) in [6, 6.07) is 4.64. The van der Waals surface area contributed by atoms with Crippen LogP contribution < -0.4 is 5.73 Å². The lowest BCUT2D eigenvalue weighted by molar-refractivity contribution is -0.137. The molecule has 0 amide bonds. The fraction of sp³-hybridized carbons (Fsp3) is 0.154. The van der Waals surface area contributed by atoms with Crippen LogP contribution in [0.4, 0.5) is 18.9 Å². The molecular formula is C13H10F3N5O. The number of benzene rings is 1. The Morgan fingerprint density at radius 3 is 2.55 bits per heavy atom. The maximum absolute atomic E-state index is 12.7. The minimum atomic E-state index is -4.44. The molecule has 0 atom stereocenters. The second-order valence-corrected chi connectivity index (χ2v) is 4.60. The van der Waals surface area contributed by atoms with Crippen LogP contribution in [0.1, 0.15) is 5.56 Å². The van der Waals surface area contributed by atoms with Crippen LogP contribution in [-0.4, -0.2) is 20.0 Å². The van der Waals surface area contributed by atoms with Gasteiger partial charge >= 0.3 is 6.18 Å². The van der Waals surface area contributed by atoms with Gasteiger partial charge in [-0.1, -0.05) is 6.07 Å². The monoisotopic (exact) mass is 309 g/mol. The number of nitrogens with two attached hydrogens (primary N) is 1. The maximum atomic E-state index is 12.7. The van der Waals surface area contributed by atoms with Crippen molar-refractivity contribution in [1.29, 1.82) is 0 Å². The molecule has 3 rings (SSSR count). The van der Waals surface area contributed by atoms with Crippen LogP contribution >= 0.6 is 0 Å². The first-order valence-electron chi connectivity index (χ1n) is 6.15. The van der Waals surface area contributed by atoms with Gasteiger partial charge in [0, 0.05) is 18.8 Å². The predicted molar refractivity (Wildman–Crippen MR) is 71.4 cm³/mol. The molecule has 114 valence electrons. The van der Waals surface area contributed by atoms with Crippen molar-refractivity contribution in [3.05, 3.63) is 36.0 Å². The molecule has 2 heterocycles. The Balaban J connectivity index is 1.99. The Labute approximate surface area is 122 Å². The third kappa shape index (κ3) is 2.52. The Kier molecular flexibility index (Phi) is 3.12. The smallest absolute Gasteiger partial charge is 0.414 e. The highest BCUT2D eigenvalue weighted by Gasteiger charge is 2.31. The first-order valence-corrected chi connectivity index (χ1v) is 6.15. The highest BCUT2D eigenvalue weighted by atomic mass is 19.4. The van der Waals surface area contributed by atoms with E-state index in [1.807, 2.05) is 0 Å². The number of halogens is 3. The topological polar surface area (TPSA) is 82.8 Å². The van der Waals surface area contributed by atoms with Crippen LogP contribution in [0.25, 0.3) is 23.0 Å². The molecule has 2 aromatic heterocycles. The molecule has 22 heavy (non-hydrogen) atoms. The molecule has 1 aromatic carbocycles. The van der Waals surface area contributed by atoms with Gasteiger partial charge in [-0.15, -0.1) is 10.2 Å². The van der Waals surface area contributed by atoms with Gasteiger partial charge in [0.15, 0.2) is 5.69 Å². The number of alkyl halides is 3. The van der Waals surface area contributed by atoms with Crippen molar-refractivity contribution in [3.8, 4) is 23.0 Å². The summed E-state index contributed by atoms with van der Waals surface area (Å²) in [5, 5.41) is 11.6. The summed E-state index contributed by atoms with van der Waals surface area (Å²) in [5.74, 6) is 0.0108.